The van der Waals surface area contributed by atoms with E-state index in [4.69, 9.17) is 16.6 Å². The van der Waals surface area contributed by atoms with Crippen LogP contribution >= 0.6 is 11.6 Å². The van der Waals surface area contributed by atoms with Crippen LogP contribution in [0.1, 0.15) is 28.6 Å². The smallest absolute Gasteiger partial charge is 0.178 e. The van der Waals surface area contributed by atoms with Crippen molar-refractivity contribution in [3.05, 3.63) is 70.3 Å². The molecule has 5 nitrogen and oxygen atoms in total. The Hall–Kier alpha value is -2.53. The lowest BCUT2D eigenvalue weighted by Gasteiger charge is -2.13. The van der Waals surface area contributed by atoms with Crippen molar-refractivity contribution in [2.75, 3.05) is 0 Å². The van der Waals surface area contributed by atoms with E-state index in [1.807, 2.05) is 25.1 Å². The van der Waals surface area contributed by atoms with Gasteiger partial charge < -0.3 is 0 Å². The van der Waals surface area contributed by atoms with Crippen molar-refractivity contribution in [3.63, 3.8) is 0 Å². The van der Waals surface area contributed by atoms with Crippen molar-refractivity contribution >= 4 is 17.3 Å². The molecule has 0 aliphatic carbocycles. The molecule has 0 radical (unpaired) electrons. The normalized spacial score (nSPS) is 13.1. The number of rotatable bonds is 1. The Labute approximate surface area is 138 Å². The van der Waals surface area contributed by atoms with Crippen molar-refractivity contribution in [1.29, 1.82) is 0 Å². The summed E-state index contributed by atoms with van der Waals surface area (Å²) in [7, 11) is 0. The molecule has 0 amide bonds. The van der Waals surface area contributed by atoms with Crippen LogP contribution in [0.5, 0.6) is 0 Å². The second kappa shape index (κ2) is 5.28. The summed E-state index contributed by atoms with van der Waals surface area (Å²) in [6.45, 7) is 4.56. The Morgan fingerprint density at radius 2 is 1.91 bits per heavy atom. The van der Waals surface area contributed by atoms with Gasteiger partial charge in [0.25, 0.3) is 0 Å². The van der Waals surface area contributed by atoms with Gasteiger partial charge >= 0.3 is 0 Å². The van der Waals surface area contributed by atoms with Gasteiger partial charge in [0.15, 0.2) is 5.82 Å². The highest BCUT2D eigenvalue weighted by molar-refractivity contribution is 6.31. The molecule has 0 saturated heterocycles. The minimum absolute atomic E-state index is 0.481. The van der Waals surface area contributed by atoms with Crippen LogP contribution < -0.4 is 0 Å². The number of imidazole rings is 1. The standard InChI is InChI=1S/C17H14ClN5/c1-10-11(2)23-14-5-4-12(18)8-13(14)16(21-9-15(23)22-10)17-19-6-3-7-20-17/h3-8H,9H2,1-2H3. The number of nitrogens with zero attached hydrogens (tertiary/aromatic N) is 5. The summed E-state index contributed by atoms with van der Waals surface area (Å²) < 4.78 is 2.14. The maximum atomic E-state index is 6.23. The number of aromatic nitrogens is 4. The molecule has 0 bridgehead atoms. The van der Waals surface area contributed by atoms with E-state index in [0.717, 1.165) is 34.2 Å². The first-order chi connectivity index (χ1) is 11.1. The molecular weight excluding hydrogens is 310 g/mol. The number of fused-ring (bicyclic) bond motifs is 3. The molecule has 0 N–H and O–H groups in total. The fourth-order valence-corrected chi connectivity index (χ4v) is 3.02. The van der Waals surface area contributed by atoms with Crippen molar-refractivity contribution in [1.82, 2.24) is 19.5 Å². The molecule has 114 valence electrons. The van der Waals surface area contributed by atoms with Gasteiger partial charge in [0.2, 0.25) is 0 Å². The maximum Gasteiger partial charge on any atom is 0.178 e. The average Bonchev–Trinajstić information content (AvgIpc) is 2.75. The van der Waals surface area contributed by atoms with E-state index in [0.29, 0.717) is 17.4 Å². The summed E-state index contributed by atoms with van der Waals surface area (Å²) in [5, 5.41) is 0.658. The Kier molecular flexibility index (Phi) is 3.23. The van der Waals surface area contributed by atoms with E-state index in [-0.39, 0.29) is 0 Å². The summed E-state index contributed by atoms with van der Waals surface area (Å²) in [6, 6.07) is 7.58. The summed E-state index contributed by atoms with van der Waals surface area (Å²) in [4.78, 5) is 18.1. The molecule has 2 aromatic heterocycles. The van der Waals surface area contributed by atoms with Crippen LogP contribution in [0, 0.1) is 13.8 Å². The summed E-state index contributed by atoms with van der Waals surface area (Å²) in [6.07, 6.45) is 3.43. The van der Waals surface area contributed by atoms with E-state index in [1.54, 1.807) is 18.5 Å². The molecule has 23 heavy (non-hydrogen) atoms. The minimum Gasteiger partial charge on any atom is -0.298 e. The highest BCUT2D eigenvalue weighted by atomic mass is 35.5. The summed E-state index contributed by atoms with van der Waals surface area (Å²) in [5.74, 6) is 1.51. The van der Waals surface area contributed by atoms with E-state index < -0.39 is 0 Å². The first-order valence-corrected chi connectivity index (χ1v) is 7.70. The Bertz CT molecular complexity index is 928. The van der Waals surface area contributed by atoms with Crippen molar-refractivity contribution < 1.29 is 0 Å². The van der Waals surface area contributed by atoms with E-state index in [2.05, 4.69) is 26.4 Å². The topological polar surface area (TPSA) is 56.0 Å². The van der Waals surface area contributed by atoms with E-state index >= 15 is 0 Å². The van der Waals surface area contributed by atoms with E-state index in [1.165, 1.54) is 0 Å². The Morgan fingerprint density at radius 3 is 2.70 bits per heavy atom. The molecule has 6 heteroatoms. The largest absolute Gasteiger partial charge is 0.298 e. The van der Waals surface area contributed by atoms with Crippen molar-refractivity contribution in [2.45, 2.75) is 20.4 Å². The molecule has 0 spiro atoms. The SMILES string of the molecule is Cc1nc2n(c1C)-c1ccc(Cl)cc1C(c1ncccn1)=NC2. The van der Waals surface area contributed by atoms with Gasteiger partial charge in [0, 0.05) is 28.7 Å². The van der Waals surface area contributed by atoms with Crippen molar-refractivity contribution in [3.8, 4) is 5.69 Å². The lowest BCUT2D eigenvalue weighted by molar-refractivity contribution is 0.862. The number of aryl methyl sites for hydroxylation is 1. The zero-order chi connectivity index (χ0) is 16.0. The molecule has 3 heterocycles. The second-order valence-electron chi connectivity index (χ2n) is 5.43. The third kappa shape index (κ3) is 2.24. The highest BCUT2D eigenvalue weighted by Gasteiger charge is 2.23. The average molecular weight is 324 g/mol. The van der Waals surface area contributed by atoms with Gasteiger partial charge in [-0.15, -0.1) is 0 Å². The van der Waals surface area contributed by atoms with Gasteiger partial charge in [-0.25, -0.2) is 15.0 Å². The number of benzene rings is 1. The predicted molar refractivity (Wildman–Crippen MR) is 89.4 cm³/mol. The molecule has 0 atom stereocenters. The van der Waals surface area contributed by atoms with Crippen molar-refractivity contribution in [2.24, 2.45) is 4.99 Å². The lowest BCUT2D eigenvalue weighted by atomic mass is 10.1. The molecule has 1 aromatic carbocycles. The Balaban J connectivity index is 2.02. The van der Waals surface area contributed by atoms with Gasteiger partial charge in [-0.3, -0.25) is 9.56 Å². The van der Waals surface area contributed by atoms with Gasteiger partial charge in [0.05, 0.1) is 17.9 Å². The molecule has 0 fully saturated rings. The monoisotopic (exact) mass is 323 g/mol. The molecular formula is C17H14ClN5. The number of halogens is 1. The molecule has 0 unspecified atom stereocenters. The second-order valence-corrected chi connectivity index (χ2v) is 5.87. The van der Waals surface area contributed by atoms with Crippen LogP contribution in [-0.4, -0.2) is 25.2 Å². The quantitative estimate of drug-likeness (QED) is 0.690. The van der Waals surface area contributed by atoms with Gasteiger partial charge in [-0.2, -0.15) is 0 Å². The number of hydrogen-bond acceptors (Lipinski definition) is 4. The summed E-state index contributed by atoms with van der Waals surface area (Å²) in [5.41, 5.74) is 4.78. The fraction of sp³-hybridized carbons (Fsp3) is 0.176. The van der Waals surface area contributed by atoms with Gasteiger partial charge in [0.1, 0.15) is 11.5 Å². The van der Waals surface area contributed by atoms with Crippen LogP contribution in [0.25, 0.3) is 5.69 Å². The zero-order valence-corrected chi connectivity index (χ0v) is 13.5. The number of aliphatic imine (C=N–C) groups is 1. The van der Waals surface area contributed by atoms with Crippen LogP contribution in [0.3, 0.4) is 0 Å². The highest BCUT2D eigenvalue weighted by Crippen LogP contribution is 2.28. The maximum absolute atomic E-state index is 6.23. The third-order valence-corrected chi connectivity index (χ3v) is 4.26. The summed E-state index contributed by atoms with van der Waals surface area (Å²) >= 11 is 6.23. The zero-order valence-electron chi connectivity index (χ0n) is 12.8. The fourth-order valence-electron chi connectivity index (χ4n) is 2.85. The lowest BCUT2D eigenvalue weighted by Crippen LogP contribution is -2.11. The Morgan fingerprint density at radius 1 is 1.13 bits per heavy atom. The molecule has 3 aromatic rings. The molecule has 4 rings (SSSR count). The first kappa shape index (κ1) is 14.1. The van der Waals surface area contributed by atoms with Crippen LogP contribution in [0.2, 0.25) is 5.02 Å². The van der Waals surface area contributed by atoms with Crippen LogP contribution in [-0.2, 0) is 6.54 Å². The van der Waals surface area contributed by atoms with Crippen LogP contribution in [0.15, 0.2) is 41.7 Å². The van der Waals surface area contributed by atoms with Gasteiger partial charge in [-0.05, 0) is 38.1 Å². The van der Waals surface area contributed by atoms with Crippen LogP contribution in [0.4, 0.5) is 0 Å². The first-order valence-electron chi connectivity index (χ1n) is 7.32. The molecule has 1 aliphatic rings. The number of hydrogen-bond donors (Lipinski definition) is 0. The minimum atomic E-state index is 0.481. The molecule has 0 saturated carbocycles. The predicted octanol–water partition coefficient (Wildman–Crippen LogP) is 3.28. The van der Waals surface area contributed by atoms with E-state index in [9.17, 15) is 0 Å². The third-order valence-electron chi connectivity index (χ3n) is 4.02. The molecule has 1 aliphatic heterocycles. The van der Waals surface area contributed by atoms with Gasteiger partial charge in [-0.1, -0.05) is 11.6 Å².